The van der Waals surface area contributed by atoms with Crippen LogP contribution in [0.15, 0.2) is 0 Å². The zero-order valence-electron chi connectivity index (χ0n) is 49.3. The van der Waals surface area contributed by atoms with E-state index < -0.39 is 284 Å². The van der Waals surface area contributed by atoms with Gasteiger partial charge in [-0.05, 0) is 13.8 Å². The molecule has 7 aliphatic rings. The minimum Gasteiger partial charge on any atom is -0.477 e. The van der Waals surface area contributed by atoms with Gasteiger partial charge in [0.05, 0.1) is 51.3 Å². The Morgan fingerprint density at radius 1 is 0.462 bits per heavy atom. The lowest BCUT2D eigenvalue weighted by atomic mass is 9.90. The average Bonchev–Trinajstić information content (AvgIpc) is 0.794. The summed E-state index contributed by atoms with van der Waals surface area (Å²) < 4.78 is 77.9. The van der Waals surface area contributed by atoms with Crippen LogP contribution >= 0.6 is 0 Å². The molecule has 7 aliphatic heterocycles. The van der Waals surface area contributed by atoms with Gasteiger partial charge < -0.3 is 180 Å². The van der Waals surface area contributed by atoms with Crippen LogP contribution in [-0.2, 0) is 80.8 Å². The Morgan fingerprint density at radius 3 is 1.44 bits per heavy atom. The van der Waals surface area contributed by atoms with Crippen molar-refractivity contribution in [1.82, 2.24) is 16.0 Å². The second kappa shape index (κ2) is 31.6. The molecule has 0 saturated carbocycles. The molecule has 7 fully saturated rings. The van der Waals surface area contributed by atoms with Gasteiger partial charge in [0.2, 0.25) is 17.7 Å². The molecular weight excluding hydrogens is 1250 g/mol. The summed E-state index contributed by atoms with van der Waals surface area (Å²) in [5.74, 6) is -7.88. The molecule has 0 aromatic rings. The number of aliphatic hydroxyl groups is 19. The number of carbonyl (C=O) groups excluding carboxylic acids is 3. The number of carboxylic acid groups (broad SMARTS) is 1. The van der Waals surface area contributed by atoms with Gasteiger partial charge in [-0.25, -0.2) is 4.79 Å². The van der Waals surface area contributed by atoms with Gasteiger partial charge in [0, 0.05) is 27.2 Å². The van der Waals surface area contributed by atoms with E-state index in [0.29, 0.717) is 0 Å². The maximum absolute atomic E-state index is 13.5. The summed E-state index contributed by atoms with van der Waals surface area (Å²) in [4.78, 5) is 51.7. The smallest absolute Gasteiger partial charge is 0.364 e. The number of nitrogens with one attached hydrogen (secondary N) is 3. The van der Waals surface area contributed by atoms with E-state index in [9.17, 15) is 121 Å². The highest BCUT2D eigenvalue weighted by atomic mass is 16.8. The van der Waals surface area contributed by atoms with Crippen LogP contribution in [0.5, 0.6) is 0 Å². The zero-order chi connectivity index (χ0) is 67.6. The molecule has 0 bridgehead atoms. The summed E-state index contributed by atoms with van der Waals surface area (Å²) in [5.41, 5.74) is 0. The van der Waals surface area contributed by atoms with E-state index >= 15 is 0 Å². The van der Waals surface area contributed by atoms with E-state index in [4.69, 9.17) is 61.6 Å². The van der Waals surface area contributed by atoms with Crippen molar-refractivity contribution >= 4 is 23.7 Å². The van der Waals surface area contributed by atoms with Crippen molar-refractivity contribution in [1.29, 1.82) is 0 Å². The predicted molar refractivity (Wildman–Crippen MR) is 281 cm³/mol. The van der Waals surface area contributed by atoms with E-state index in [1.165, 1.54) is 13.8 Å². The monoisotopic (exact) mass is 1330 g/mol. The summed E-state index contributed by atoms with van der Waals surface area (Å²) in [6, 6.07) is -5.71. The molecule has 91 heavy (non-hydrogen) atoms. The van der Waals surface area contributed by atoms with Gasteiger partial charge in [-0.15, -0.1) is 0 Å². The summed E-state index contributed by atoms with van der Waals surface area (Å²) in [6.07, 6.45) is -66.3. The van der Waals surface area contributed by atoms with Crippen LogP contribution in [0.4, 0.5) is 0 Å². The Balaban J connectivity index is 1.31. The second-order valence-corrected chi connectivity index (χ2v) is 23.2. The van der Waals surface area contributed by atoms with Gasteiger partial charge >= 0.3 is 5.97 Å². The van der Waals surface area contributed by atoms with Gasteiger partial charge in [-0.2, -0.15) is 0 Å². The third-order valence-electron chi connectivity index (χ3n) is 16.6. The number of aliphatic carboxylic acids is 1. The highest BCUT2D eigenvalue weighted by Gasteiger charge is 2.61. The van der Waals surface area contributed by atoms with Crippen LogP contribution in [0.3, 0.4) is 0 Å². The van der Waals surface area contributed by atoms with Crippen molar-refractivity contribution in [3.05, 3.63) is 0 Å². The molecule has 526 valence electrons. The average molecular weight is 1330 g/mol. The fourth-order valence-electron chi connectivity index (χ4n) is 11.6. The van der Waals surface area contributed by atoms with E-state index in [-0.39, 0.29) is 0 Å². The fraction of sp³-hybridized carbons (Fsp3) is 0.922. The van der Waals surface area contributed by atoms with Crippen molar-refractivity contribution < 1.29 is 183 Å². The first-order valence-electron chi connectivity index (χ1n) is 29.0. The van der Waals surface area contributed by atoms with Crippen LogP contribution in [0.25, 0.3) is 0 Å². The first-order valence-corrected chi connectivity index (χ1v) is 29.0. The minimum atomic E-state index is -3.07. The lowest BCUT2D eigenvalue weighted by Crippen LogP contribution is -2.72. The lowest BCUT2D eigenvalue weighted by Gasteiger charge is -2.53. The Labute approximate surface area is 516 Å². The lowest BCUT2D eigenvalue weighted by molar-refractivity contribution is -0.407. The number of rotatable bonds is 23. The number of ether oxygens (including phenoxy) is 13. The number of hydrogen-bond acceptors (Lipinski definition) is 36. The highest BCUT2D eigenvalue weighted by Crippen LogP contribution is 2.40. The molecule has 3 amide bonds. The molecule has 7 rings (SSSR count). The summed E-state index contributed by atoms with van der Waals surface area (Å²) in [5, 5.41) is 225. The molecule has 40 nitrogen and oxygen atoms in total. The van der Waals surface area contributed by atoms with Gasteiger partial charge in [-0.3, -0.25) is 14.4 Å². The Kier molecular flexibility index (Phi) is 26.1. The van der Waals surface area contributed by atoms with E-state index in [1.54, 1.807) is 0 Å². The van der Waals surface area contributed by atoms with Gasteiger partial charge in [-0.1, -0.05) is 0 Å². The fourth-order valence-corrected chi connectivity index (χ4v) is 11.6. The number of amides is 3. The molecule has 0 aromatic heterocycles. The zero-order valence-corrected chi connectivity index (χ0v) is 49.3. The largest absolute Gasteiger partial charge is 0.477 e. The molecule has 7 saturated heterocycles. The van der Waals surface area contributed by atoms with Crippen LogP contribution in [0, 0.1) is 0 Å². The maximum Gasteiger partial charge on any atom is 0.364 e. The predicted octanol–water partition coefficient (Wildman–Crippen LogP) is -14.6. The van der Waals surface area contributed by atoms with Crippen molar-refractivity contribution in [2.24, 2.45) is 0 Å². The van der Waals surface area contributed by atoms with Gasteiger partial charge in [0.1, 0.15) is 159 Å². The molecule has 7 heterocycles. The van der Waals surface area contributed by atoms with Crippen LogP contribution in [-0.4, -0.2) is 379 Å². The number of aliphatic hydroxyl groups excluding tert-OH is 19. The van der Waals surface area contributed by atoms with Crippen molar-refractivity contribution in [2.45, 2.75) is 261 Å². The topological polar surface area (TPSA) is 629 Å². The molecule has 0 spiro atoms. The Hall–Kier alpha value is -3.40. The Morgan fingerprint density at radius 2 is 0.912 bits per heavy atom. The molecule has 36 atom stereocenters. The second-order valence-electron chi connectivity index (χ2n) is 23.2. The molecule has 23 N–H and O–H groups in total. The van der Waals surface area contributed by atoms with Gasteiger partial charge in [0.25, 0.3) is 5.79 Å². The first-order chi connectivity index (χ1) is 42.7. The Bertz CT molecular complexity index is 2380. The highest BCUT2D eigenvalue weighted by molar-refractivity contribution is 5.76. The van der Waals surface area contributed by atoms with Gasteiger partial charge in [0.15, 0.2) is 37.7 Å². The molecular formula is C51H85N3O37. The number of hydrogen-bond donors (Lipinski definition) is 23. The number of carbonyl (C=O) groups is 4. The molecule has 0 aromatic carbocycles. The molecule has 40 heteroatoms. The quantitative estimate of drug-likeness (QED) is 0.0452. The molecule has 0 unspecified atom stereocenters. The summed E-state index contributed by atoms with van der Waals surface area (Å²) >= 11 is 0. The third kappa shape index (κ3) is 16.4. The minimum absolute atomic E-state index is 0.845. The van der Waals surface area contributed by atoms with Crippen LogP contribution < -0.4 is 16.0 Å². The van der Waals surface area contributed by atoms with E-state index in [2.05, 4.69) is 16.0 Å². The van der Waals surface area contributed by atoms with Crippen molar-refractivity contribution in [3.8, 4) is 0 Å². The van der Waals surface area contributed by atoms with E-state index in [1.807, 2.05) is 0 Å². The normalized spacial score (nSPS) is 48.0. The number of carboxylic acids is 1. The van der Waals surface area contributed by atoms with Crippen LogP contribution in [0.2, 0.25) is 0 Å². The summed E-state index contributed by atoms with van der Waals surface area (Å²) in [7, 11) is 0. The van der Waals surface area contributed by atoms with Crippen molar-refractivity contribution in [2.75, 3.05) is 33.0 Å². The van der Waals surface area contributed by atoms with Crippen molar-refractivity contribution in [3.63, 3.8) is 0 Å². The molecule has 0 radical (unpaired) electrons. The SMILES string of the molecule is CC(=O)N[C@@H]1[C@@H](O[C@@H]2O[C@H](CO)[C@@H](O[C@@H]3O[C@H](CO)[C@H](O)[C@H](O[C@H]4O[C@H](CO)[C@H](O)[C@H](O)[C@H]4NC(C)=O)[C@H]3O[C@@H]3O[C@@H](C)[C@@H](O)[C@@H](O)[C@@H]3O)[C@H](O[C@@H]3O[C@@H](C)[C@@H](O)[C@@H](O)[C@@H]3O)[C@H]2NC(C)=O)[C@@H](O)[C@@H](CO[C@]2(C(=O)O)C[C@H](O)[C@@H](O)[C@H]([C@H](O)[C@H](O)CO)O2)O[C@@H]1O. The molecule has 0 aliphatic carbocycles. The third-order valence-corrected chi connectivity index (χ3v) is 16.6. The van der Waals surface area contributed by atoms with Crippen LogP contribution in [0.1, 0.15) is 41.0 Å². The standard InChI is InChI=1S/C51H85N3O37/c1-12-26(64)34(72)36(74)47(80-12)88-40-25(54-16(5)61)46(87-39-24(53-15(4)60)44(76)82-22(32(39)70)11-79-51(50(77)78)6-17(62)28(66)41(91-51)29(67)18(63)7-55)85-21(10-58)38(40)86-49-43(90-48-37(75)35(73)27(65)13(2)81-48)42(31(69)20(9-57)84-49)89-45-23(52-14(3)59)33(71)30(68)19(8-56)83-45/h12-13,17-49,55-58,62-76H,6-11H2,1-5H3,(H,52,59)(H,53,60)(H,54,61)(H,77,78)/t12-,13-,17-,18+,19+,20+,21+,22+,23+,24+,25+,26+,27+,28+,29+,30-,31-,32-,33+,34+,35+,36-,37-,38+,39+,40+,41+,42-,43+,44-,45+,46-,47-,48-,49-,51+/m0/s1. The summed E-state index contributed by atoms with van der Waals surface area (Å²) in [6.45, 7) is -0.368. The van der Waals surface area contributed by atoms with E-state index in [0.717, 1.165) is 20.8 Å². The maximum atomic E-state index is 13.5. The first kappa shape index (κ1) is 75.0.